The number of carbonyl (C=O) groups excluding carboxylic acids is 1. The minimum atomic E-state index is -0.192. The molecule has 1 aromatic rings. The Morgan fingerprint density at radius 2 is 1.88 bits per heavy atom. The second-order valence-electron chi connectivity index (χ2n) is 7.63. The average molecular weight is 346 g/mol. The first-order chi connectivity index (χ1) is 12.0. The number of benzene rings is 1. The van der Waals surface area contributed by atoms with E-state index >= 15 is 0 Å². The van der Waals surface area contributed by atoms with Crippen molar-refractivity contribution in [1.82, 2.24) is 9.80 Å². The van der Waals surface area contributed by atoms with Crippen LogP contribution >= 0.6 is 0 Å². The SMILES string of the molecule is CC(c1ccccc1)N(C(=O)N1CCOCC1)C1CCOC(C)(C)C1. The Bertz CT molecular complexity index is 570. The van der Waals surface area contributed by atoms with Crippen LogP contribution in [0, 0.1) is 0 Å². The molecule has 0 saturated carbocycles. The first-order valence-corrected chi connectivity index (χ1v) is 9.32. The van der Waals surface area contributed by atoms with Gasteiger partial charge in [0.15, 0.2) is 0 Å². The number of morpholine rings is 1. The molecule has 0 radical (unpaired) electrons. The Kier molecular flexibility index (Phi) is 5.64. The second-order valence-corrected chi connectivity index (χ2v) is 7.63. The maximum atomic E-state index is 13.4. The molecule has 2 amide bonds. The molecule has 2 aliphatic rings. The van der Waals surface area contributed by atoms with Crippen LogP contribution in [-0.2, 0) is 9.47 Å². The summed E-state index contributed by atoms with van der Waals surface area (Å²) in [4.78, 5) is 17.4. The highest BCUT2D eigenvalue weighted by Gasteiger charge is 2.38. The number of urea groups is 1. The summed E-state index contributed by atoms with van der Waals surface area (Å²) in [5.41, 5.74) is 0.983. The van der Waals surface area contributed by atoms with Crippen LogP contribution in [0.2, 0.25) is 0 Å². The van der Waals surface area contributed by atoms with E-state index in [1.54, 1.807) is 0 Å². The zero-order valence-corrected chi connectivity index (χ0v) is 15.6. The van der Waals surface area contributed by atoms with E-state index in [9.17, 15) is 4.79 Å². The summed E-state index contributed by atoms with van der Waals surface area (Å²) in [6.07, 6.45) is 1.75. The van der Waals surface area contributed by atoms with Gasteiger partial charge in [-0.05, 0) is 39.2 Å². The summed E-state index contributed by atoms with van der Waals surface area (Å²) < 4.78 is 11.3. The molecule has 3 rings (SSSR count). The van der Waals surface area contributed by atoms with E-state index < -0.39 is 0 Å². The Labute approximate surface area is 150 Å². The first kappa shape index (κ1) is 18.2. The summed E-state index contributed by atoms with van der Waals surface area (Å²) in [6, 6.07) is 10.7. The lowest BCUT2D eigenvalue weighted by atomic mass is 9.91. The third-order valence-corrected chi connectivity index (χ3v) is 5.27. The Morgan fingerprint density at radius 3 is 2.52 bits per heavy atom. The number of rotatable bonds is 3. The van der Waals surface area contributed by atoms with Crippen LogP contribution in [0.5, 0.6) is 0 Å². The summed E-state index contributed by atoms with van der Waals surface area (Å²) >= 11 is 0. The van der Waals surface area contributed by atoms with E-state index in [4.69, 9.17) is 9.47 Å². The fourth-order valence-electron chi connectivity index (χ4n) is 3.89. The van der Waals surface area contributed by atoms with Crippen LogP contribution in [-0.4, -0.2) is 60.4 Å². The van der Waals surface area contributed by atoms with Gasteiger partial charge < -0.3 is 19.3 Å². The third-order valence-electron chi connectivity index (χ3n) is 5.27. The zero-order chi connectivity index (χ0) is 17.9. The molecule has 2 aliphatic heterocycles. The molecule has 0 bridgehead atoms. The maximum Gasteiger partial charge on any atom is 0.320 e. The third kappa shape index (κ3) is 4.33. The van der Waals surface area contributed by atoms with Gasteiger partial charge in [-0.1, -0.05) is 30.3 Å². The molecule has 2 unspecified atom stereocenters. The van der Waals surface area contributed by atoms with Crippen LogP contribution in [0.3, 0.4) is 0 Å². The minimum absolute atomic E-state index is 0.0374. The molecule has 5 heteroatoms. The molecule has 138 valence electrons. The predicted octanol–water partition coefficient (Wildman–Crippen LogP) is 3.46. The number of nitrogens with zero attached hydrogens (tertiary/aromatic N) is 2. The molecule has 2 fully saturated rings. The van der Waals surface area contributed by atoms with Crippen LogP contribution in [0.4, 0.5) is 4.79 Å². The lowest BCUT2D eigenvalue weighted by molar-refractivity contribution is -0.0836. The molecule has 0 aromatic heterocycles. The van der Waals surface area contributed by atoms with Crippen molar-refractivity contribution in [2.45, 2.75) is 51.3 Å². The van der Waals surface area contributed by atoms with Crippen molar-refractivity contribution in [2.75, 3.05) is 32.9 Å². The van der Waals surface area contributed by atoms with Crippen molar-refractivity contribution >= 4 is 6.03 Å². The lowest BCUT2D eigenvalue weighted by Crippen LogP contribution is -2.55. The van der Waals surface area contributed by atoms with Crippen molar-refractivity contribution in [3.8, 4) is 0 Å². The van der Waals surface area contributed by atoms with Crippen LogP contribution < -0.4 is 0 Å². The summed E-state index contributed by atoms with van der Waals surface area (Å²) in [5.74, 6) is 0. The van der Waals surface area contributed by atoms with E-state index in [2.05, 4.69) is 37.8 Å². The normalized spacial score (nSPS) is 24.6. The molecule has 25 heavy (non-hydrogen) atoms. The summed E-state index contributed by atoms with van der Waals surface area (Å²) in [7, 11) is 0. The molecule has 0 aliphatic carbocycles. The van der Waals surface area contributed by atoms with Crippen molar-refractivity contribution in [2.24, 2.45) is 0 Å². The quantitative estimate of drug-likeness (QED) is 0.842. The molecule has 0 spiro atoms. The van der Waals surface area contributed by atoms with Gasteiger partial charge in [0.05, 0.1) is 24.9 Å². The molecule has 1 aromatic carbocycles. The van der Waals surface area contributed by atoms with Gasteiger partial charge in [-0.25, -0.2) is 4.79 Å². The predicted molar refractivity (Wildman–Crippen MR) is 97.5 cm³/mol. The molecule has 2 saturated heterocycles. The molecule has 2 atom stereocenters. The second kappa shape index (κ2) is 7.75. The largest absolute Gasteiger partial charge is 0.378 e. The average Bonchev–Trinajstić information content (AvgIpc) is 2.62. The van der Waals surface area contributed by atoms with Crippen molar-refractivity contribution in [1.29, 1.82) is 0 Å². The summed E-state index contributed by atoms with van der Waals surface area (Å²) in [5, 5.41) is 0. The van der Waals surface area contributed by atoms with Gasteiger partial charge in [-0.2, -0.15) is 0 Å². The van der Waals surface area contributed by atoms with E-state index in [1.807, 2.05) is 23.1 Å². The Morgan fingerprint density at radius 1 is 1.20 bits per heavy atom. The number of carbonyl (C=O) groups is 1. The number of hydrogen-bond acceptors (Lipinski definition) is 3. The molecule has 2 heterocycles. The van der Waals surface area contributed by atoms with Crippen molar-refractivity contribution < 1.29 is 14.3 Å². The fourth-order valence-corrected chi connectivity index (χ4v) is 3.89. The van der Waals surface area contributed by atoms with E-state index in [-0.39, 0.29) is 23.7 Å². The standard InChI is InChI=1S/C20H30N2O3/c1-16(17-7-5-4-6-8-17)22(18-9-12-25-20(2,3)15-18)19(23)21-10-13-24-14-11-21/h4-8,16,18H,9-15H2,1-3H3. The van der Waals surface area contributed by atoms with Gasteiger partial charge >= 0.3 is 6.03 Å². The van der Waals surface area contributed by atoms with Crippen LogP contribution in [0.15, 0.2) is 30.3 Å². The number of hydrogen-bond donors (Lipinski definition) is 0. The monoisotopic (exact) mass is 346 g/mol. The Hall–Kier alpha value is -1.59. The van der Waals surface area contributed by atoms with E-state index in [0.29, 0.717) is 32.9 Å². The maximum absolute atomic E-state index is 13.4. The summed E-state index contributed by atoms with van der Waals surface area (Å²) in [6.45, 7) is 9.65. The molecular weight excluding hydrogens is 316 g/mol. The smallest absolute Gasteiger partial charge is 0.320 e. The van der Waals surface area contributed by atoms with E-state index in [0.717, 1.165) is 12.8 Å². The molecular formula is C20H30N2O3. The molecule has 0 N–H and O–H groups in total. The lowest BCUT2D eigenvalue weighted by Gasteiger charge is -2.45. The van der Waals surface area contributed by atoms with Gasteiger partial charge in [-0.15, -0.1) is 0 Å². The van der Waals surface area contributed by atoms with Crippen molar-refractivity contribution in [3.63, 3.8) is 0 Å². The van der Waals surface area contributed by atoms with Crippen LogP contribution in [0.1, 0.15) is 45.2 Å². The highest BCUT2D eigenvalue weighted by atomic mass is 16.5. The van der Waals surface area contributed by atoms with Gasteiger partial charge in [0.1, 0.15) is 0 Å². The highest BCUT2D eigenvalue weighted by molar-refractivity contribution is 5.75. The van der Waals surface area contributed by atoms with E-state index in [1.165, 1.54) is 5.56 Å². The van der Waals surface area contributed by atoms with Gasteiger partial charge in [0.2, 0.25) is 0 Å². The van der Waals surface area contributed by atoms with Crippen LogP contribution in [0.25, 0.3) is 0 Å². The Balaban J connectivity index is 1.86. The van der Waals surface area contributed by atoms with Gasteiger partial charge in [0, 0.05) is 25.7 Å². The van der Waals surface area contributed by atoms with Crippen molar-refractivity contribution in [3.05, 3.63) is 35.9 Å². The highest BCUT2D eigenvalue weighted by Crippen LogP contribution is 2.33. The molecule has 5 nitrogen and oxygen atoms in total. The zero-order valence-electron chi connectivity index (χ0n) is 15.6. The number of amides is 2. The first-order valence-electron chi connectivity index (χ1n) is 9.32. The fraction of sp³-hybridized carbons (Fsp3) is 0.650. The topological polar surface area (TPSA) is 42.0 Å². The number of ether oxygens (including phenoxy) is 2. The van der Waals surface area contributed by atoms with Gasteiger partial charge in [-0.3, -0.25) is 0 Å². The minimum Gasteiger partial charge on any atom is -0.378 e. The van der Waals surface area contributed by atoms with Gasteiger partial charge in [0.25, 0.3) is 0 Å².